The molecular weight excluding hydrogens is 208 g/mol. The molecule has 1 heteroatoms. The van der Waals surface area contributed by atoms with Crippen molar-refractivity contribution >= 4 is 5.78 Å². The Morgan fingerprint density at radius 2 is 2.06 bits per heavy atom. The average molecular weight is 226 g/mol. The number of Topliss-reactive ketones (excluding diaryl/α,β-unsaturated/α-hetero) is 1. The van der Waals surface area contributed by atoms with E-state index in [0.29, 0.717) is 5.92 Å². The molecule has 1 aliphatic rings. The van der Waals surface area contributed by atoms with Gasteiger partial charge < -0.3 is 0 Å². The molecular formula is C16H18O. The van der Waals surface area contributed by atoms with Gasteiger partial charge in [-0.3, -0.25) is 4.79 Å². The first-order valence-corrected chi connectivity index (χ1v) is 6.25. The normalized spacial score (nSPS) is 20.3. The smallest absolute Gasteiger partial charge is 0.189 e. The Bertz CT molecular complexity index is 440. The number of hydrogen-bond donors (Lipinski definition) is 0. The van der Waals surface area contributed by atoms with Crippen LogP contribution >= 0.6 is 0 Å². The Labute approximate surface area is 103 Å². The molecule has 0 amide bonds. The second-order valence-corrected chi connectivity index (χ2v) is 4.42. The molecule has 0 N–H and O–H groups in total. The zero-order valence-electron chi connectivity index (χ0n) is 10.2. The standard InChI is InChI=1S/C16H18O/c1-2-8-13-9-6-7-12-15(13)16(17)14-10-4-3-5-11-14/h2-5,8,10-13H,6-7,9H2,1H3/b8-2+. The lowest BCUT2D eigenvalue weighted by Gasteiger charge is -2.20. The minimum absolute atomic E-state index is 0.188. The molecule has 17 heavy (non-hydrogen) atoms. The predicted octanol–water partition coefficient (Wildman–Crippen LogP) is 4.17. The van der Waals surface area contributed by atoms with Crippen molar-refractivity contribution in [1.29, 1.82) is 0 Å². The third-order valence-corrected chi connectivity index (χ3v) is 3.21. The Balaban J connectivity index is 2.26. The first kappa shape index (κ1) is 11.8. The topological polar surface area (TPSA) is 17.1 Å². The van der Waals surface area contributed by atoms with Gasteiger partial charge in [0.25, 0.3) is 0 Å². The van der Waals surface area contributed by atoms with Crippen molar-refractivity contribution in [3.63, 3.8) is 0 Å². The van der Waals surface area contributed by atoms with E-state index < -0.39 is 0 Å². The summed E-state index contributed by atoms with van der Waals surface area (Å²) in [5, 5.41) is 0. The first-order valence-electron chi connectivity index (χ1n) is 6.25. The largest absolute Gasteiger partial charge is 0.289 e. The molecule has 0 bridgehead atoms. The quantitative estimate of drug-likeness (QED) is 0.558. The zero-order valence-corrected chi connectivity index (χ0v) is 10.2. The van der Waals surface area contributed by atoms with Gasteiger partial charge in [0.1, 0.15) is 0 Å². The molecule has 0 radical (unpaired) electrons. The Morgan fingerprint density at radius 1 is 1.29 bits per heavy atom. The van der Waals surface area contributed by atoms with Gasteiger partial charge in [-0.05, 0) is 26.2 Å². The molecule has 0 saturated carbocycles. The van der Waals surface area contributed by atoms with Crippen LogP contribution in [0.1, 0.15) is 36.5 Å². The van der Waals surface area contributed by atoms with Crippen molar-refractivity contribution in [2.75, 3.05) is 0 Å². The molecule has 88 valence electrons. The summed E-state index contributed by atoms with van der Waals surface area (Å²) in [6.07, 6.45) is 9.61. The fourth-order valence-corrected chi connectivity index (χ4v) is 2.35. The van der Waals surface area contributed by atoms with Gasteiger partial charge in [-0.25, -0.2) is 0 Å². The number of ketones is 1. The van der Waals surface area contributed by atoms with Crippen molar-refractivity contribution in [3.8, 4) is 0 Å². The third kappa shape index (κ3) is 2.73. The number of hydrogen-bond acceptors (Lipinski definition) is 1. The molecule has 2 rings (SSSR count). The van der Waals surface area contributed by atoms with Crippen LogP contribution in [0.2, 0.25) is 0 Å². The molecule has 1 nitrogen and oxygen atoms in total. The predicted molar refractivity (Wildman–Crippen MR) is 71.0 cm³/mol. The first-order chi connectivity index (χ1) is 8.33. The van der Waals surface area contributed by atoms with Crippen LogP contribution in [0.4, 0.5) is 0 Å². The van der Waals surface area contributed by atoms with E-state index in [1.807, 2.05) is 43.3 Å². The Hall–Kier alpha value is -1.63. The fourth-order valence-electron chi connectivity index (χ4n) is 2.35. The lowest BCUT2D eigenvalue weighted by Crippen LogP contribution is -2.15. The lowest BCUT2D eigenvalue weighted by atomic mass is 9.83. The highest BCUT2D eigenvalue weighted by atomic mass is 16.1. The number of carbonyl (C=O) groups is 1. The SMILES string of the molecule is C/C=C/C1CCCC=C1C(=O)c1ccccc1. The Morgan fingerprint density at radius 3 is 2.76 bits per heavy atom. The second kappa shape index (κ2) is 5.62. The van der Waals surface area contributed by atoms with Gasteiger partial charge in [-0.1, -0.05) is 48.6 Å². The molecule has 0 aliphatic heterocycles. The molecule has 0 aromatic heterocycles. The van der Waals surface area contributed by atoms with Gasteiger partial charge >= 0.3 is 0 Å². The minimum Gasteiger partial charge on any atom is -0.289 e. The van der Waals surface area contributed by atoms with Crippen molar-refractivity contribution in [2.45, 2.75) is 26.2 Å². The number of rotatable bonds is 3. The van der Waals surface area contributed by atoms with Crippen LogP contribution in [0.25, 0.3) is 0 Å². The van der Waals surface area contributed by atoms with E-state index in [2.05, 4.69) is 12.2 Å². The highest BCUT2D eigenvalue weighted by Gasteiger charge is 2.21. The molecule has 0 fully saturated rings. The third-order valence-electron chi connectivity index (χ3n) is 3.21. The van der Waals surface area contributed by atoms with Gasteiger partial charge in [0.15, 0.2) is 5.78 Å². The average Bonchev–Trinajstić information content (AvgIpc) is 2.40. The van der Waals surface area contributed by atoms with Gasteiger partial charge in [0.2, 0.25) is 0 Å². The summed E-state index contributed by atoms with van der Waals surface area (Å²) in [6, 6.07) is 9.56. The van der Waals surface area contributed by atoms with E-state index in [-0.39, 0.29) is 5.78 Å². The summed E-state index contributed by atoms with van der Waals surface area (Å²) in [7, 11) is 0. The highest BCUT2D eigenvalue weighted by Crippen LogP contribution is 2.28. The van der Waals surface area contributed by atoms with Gasteiger partial charge in [-0.15, -0.1) is 0 Å². The molecule has 0 heterocycles. The molecule has 1 atom stereocenters. The van der Waals surface area contributed by atoms with Crippen LogP contribution in [-0.4, -0.2) is 5.78 Å². The van der Waals surface area contributed by atoms with E-state index in [1.54, 1.807) is 0 Å². The van der Waals surface area contributed by atoms with Crippen molar-refractivity contribution in [3.05, 3.63) is 59.7 Å². The van der Waals surface area contributed by atoms with Gasteiger partial charge in [0.05, 0.1) is 0 Å². The van der Waals surface area contributed by atoms with Crippen molar-refractivity contribution in [1.82, 2.24) is 0 Å². The summed E-state index contributed by atoms with van der Waals surface area (Å²) in [5.41, 5.74) is 1.77. The van der Waals surface area contributed by atoms with Crippen LogP contribution in [-0.2, 0) is 0 Å². The molecule has 1 aromatic rings. The van der Waals surface area contributed by atoms with Crippen LogP contribution in [0.5, 0.6) is 0 Å². The molecule has 1 aliphatic carbocycles. The van der Waals surface area contributed by atoms with Crippen LogP contribution in [0.15, 0.2) is 54.1 Å². The molecule has 1 unspecified atom stereocenters. The van der Waals surface area contributed by atoms with E-state index in [1.165, 1.54) is 6.42 Å². The summed E-state index contributed by atoms with van der Waals surface area (Å²) in [6.45, 7) is 2.01. The number of allylic oxidation sites excluding steroid dienone is 4. The maximum atomic E-state index is 12.4. The highest BCUT2D eigenvalue weighted by molar-refractivity contribution is 6.09. The van der Waals surface area contributed by atoms with E-state index in [9.17, 15) is 4.79 Å². The van der Waals surface area contributed by atoms with E-state index in [0.717, 1.165) is 24.0 Å². The maximum absolute atomic E-state index is 12.4. The number of benzene rings is 1. The van der Waals surface area contributed by atoms with Crippen molar-refractivity contribution in [2.24, 2.45) is 5.92 Å². The number of carbonyl (C=O) groups excluding carboxylic acids is 1. The van der Waals surface area contributed by atoms with Crippen LogP contribution < -0.4 is 0 Å². The maximum Gasteiger partial charge on any atom is 0.189 e. The fraction of sp³-hybridized carbons (Fsp3) is 0.312. The summed E-state index contributed by atoms with van der Waals surface area (Å²) in [5.74, 6) is 0.495. The van der Waals surface area contributed by atoms with Crippen LogP contribution in [0.3, 0.4) is 0 Å². The van der Waals surface area contributed by atoms with Gasteiger partial charge in [0, 0.05) is 17.1 Å². The monoisotopic (exact) mass is 226 g/mol. The molecule has 0 spiro atoms. The van der Waals surface area contributed by atoms with E-state index in [4.69, 9.17) is 0 Å². The summed E-state index contributed by atoms with van der Waals surface area (Å²) in [4.78, 5) is 12.4. The summed E-state index contributed by atoms with van der Waals surface area (Å²) < 4.78 is 0. The molecule has 1 aromatic carbocycles. The molecule has 0 saturated heterocycles. The van der Waals surface area contributed by atoms with Crippen molar-refractivity contribution < 1.29 is 4.79 Å². The zero-order chi connectivity index (χ0) is 12.1. The Kier molecular flexibility index (Phi) is 3.92. The van der Waals surface area contributed by atoms with Crippen LogP contribution in [0, 0.1) is 5.92 Å². The second-order valence-electron chi connectivity index (χ2n) is 4.42. The minimum atomic E-state index is 0.188. The summed E-state index contributed by atoms with van der Waals surface area (Å²) >= 11 is 0. The van der Waals surface area contributed by atoms with E-state index >= 15 is 0 Å². The lowest BCUT2D eigenvalue weighted by molar-refractivity contribution is 0.102. The van der Waals surface area contributed by atoms with Gasteiger partial charge in [-0.2, -0.15) is 0 Å².